The molecule has 0 aliphatic heterocycles. The first-order valence-corrected chi connectivity index (χ1v) is 9.78. The minimum absolute atomic E-state index is 0.681. The van der Waals surface area contributed by atoms with Crippen LogP contribution in [0.25, 0.3) is 0 Å². The Hall–Kier alpha value is -0.443. The number of hydrogen-bond donors (Lipinski definition) is 0. The lowest BCUT2D eigenvalue weighted by Gasteiger charge is -2.27. The van der Waals surface area contributed by atoms with Gasteiger partial charge in [0, 0.05) is 5.57 Å². The molecule has 0 radical (unpaired) electrons. The first-order valence-electron chi connectivity index (χ1n) is 6.38. The molecule has 0 bridgehead atoms. The Morgan fingerprint density at radius 3 is 2.06 bits per heavy atom. The molecule has 16 heavy (non-hydrogen) atoms. The van der Waals surface area contributed by atoms with Gasteiger partial charge in [-0.15, -0.1) is 0 Å². The fourth-order valence-corrected chi connectivity index (χ4v) is 3.06. The summed E-state index contributed by atoms with van der Waals surface area (Å²) in [5.74, 6) is 1.48. The Morgan fingerprint density at radius 1 is 1.06 bits per heavy atom. The van der Waals surface area contributed by atoms with Gasteiger partial charge in [-0.3, -0.25) is 0 Å². The summed E-state index contributed by atoms with van der Waals surface area (Å²) in [4.78, 5) is 0. The molecule has 1 rings (SSSR count). The summed E-state index contributed by atoms with van der Waals surface area (Å²) in [6, 6.07) is 0. The van der Waals surface area contributed by atoms with Crippen molar-refractivity contribution in [2.45, 2.75) is 58.7 Å². The second-order valence-corrected chi connectivity index (χ2v) is 10.2. The maximum absolute atomic E-state index is 6.00. The summed E-state index contributed by atoms with van der Waals surface area (Å²) >= 11 is 0. The largest absolute Gasteiger partial charge is 0.520 e. The molecule has 1 fully saturated rings. The predicted octanol–water partition coefficient (Wildman–Crippen LogP) is 4.30. The van der Waals surface area contributed by atoms with Crippen molar-refractivity contribution < 1.29 is 9.16 Å². The van der Waals surface area contributed by atoms with Crippen molar-refractivity contribution in [1.29, 1.82) is 0 Å². The van der Waals surface area contributed by atoms with E-state index in [9.17, 15) is 0 Å². The normalized spacial score (nSPS) is 20.3. The van der Waals surface area contributed by atoms with Crippen LogP contribution in [-0.2, 0) is 9.16 Å². The Kier molecular flexibility index (Phi) is 4.90. The highest BCUT2D eigenvalue weighted by Crippen LogP contribution is 2.32. The molecule has 2 nitrogen and oxygen atoms in total. The molecule has 1 saturated carbocycles. The van der Waals surface area contributed by atoms with Crippen LogP contribution < -0.4 is 0 Å². The Morgan fingerprint density at radius 2 is 1.62 bits per heavy atom. The molecule has 1 aliphatic rings. The van der Waals surface area contributed by atoms with E-state index in [-0.39, 0.29) is 0 Å². The molecule has 3 heteroatoms. The van der Waals surface area contributed by atoms with E-state index in [1.165, 1.54) is 37.7 Å². The highest BCUT2D eigenvalue weighted by Gasteiger charge is 2.24. The monoisotopic (exact) mass is 242 g/mol. The molecule has 0 atom stereocenters. The van der Waals surface area contributed by atoms with E-state index in [4.69, 9.17) is 9.16 Å². The van der Waals surface area contributed by atoms with Gasteiger partial charge in [0.1, 0.15) is 0 Å². The average molecular weight is 242 g/mol. The molecule has 0 unspecified atom stereocenters. The molecule has 94 valence electrons. The quantitative estimate of drug-likeness (QED) is 0.540. The molecule has 0 aromatic rings. The number of rotatable bonds is 4. The lowest BCUT2D eigenvalue weighted by Crippen LogP contribution is -2.26. The molecule has 0 N–H and O–H groups in total. The highest BCUT2D eigenvalue weighted by molar-refractivity contribution is 6.70. The van der Waals surface area contributed by atoms with E-state index in [1.807, 2.05) is 0 Å². The van der Waals surface area contributed by atoms with Gasteiger partial charge in [0.2, 0.25) is 8.32 Å². The Labute approximate surface area is 101 Å². The molecular formula is C13H26O2Si. The second-order valence-electron chi connectivity index (χ2n) is 5.72. The number of hydrogen-bond acceptors (Lipinski definition) is 2. The van der Waals surface area contributed by atoms with Gasteiger partial charge in [-0.1, -0.05) is 19.3 Å². The Balaban J connectivity index is 2.72. The molecule has 0 spiro atoms. The first kappa shape index (κ1) is 13.6. The van der Waals surface area contributed by atoms with Gasteiger partial charge >= 0.3 is 0 Å². The smallest absolute Gasteiger partial charge is 0.264 e. The molecular weight excluding hydrogens is 216 g/mol. The minimum atomic E-state index is -1.55. The van der Waals surface area contributed by atoms with Crippen LogP contribution in [0.15, 0.2) is 11.5 Å². The summed E-state index contributed by atoms with van der Waals surface area (Å²) < 4.78 is 11.4. The maximum atomic E-state index is 6.00. The van der Waals surface area contributed by atoms with Crippen LogP contribution in [0.3, 0.4) is 0 Å². The Bertz CT molecular complexity index is 247. The SMILES string of the molecule is CO/C(O[Si](C)(C)C)=C(/C)C1CCCCC1. The summed E-state index contributed by atoms with van der Waals surface area (Å²) in [6.45, 7) is 8.76. The van der Waals surface area contributed by atoms with Gasteiger partial charge in [-0.05, 0) is 45.3 Å². The lowest BCUT2D eigenvalue weighted by atomic mass is 9.85. The van der Waals surface area contributed by atoms with E-state index in [1.54, 1.807) is 7.11 Å². The first-order chi connectivity index (χ1) is 7.44. The van der Waals surface area contributed by atoms with Crippen LogP contribution in [-0.4, -0.2) is 15.4 Å². The van der Waals surface area contributed by atoms with Crippen molar-refractivity contribution in [3.8, 4) is 0 Å². The lowest BCUT2D eigenvalue weighted by molar-refractivity contribution is 0.136. The van der Waals surface area contributed by atoms with E-state index in [0.29, 0.717) is 5.92 Å². The van der Waals surface area contributed by atoms with E-state index in [2.05, 4.69) is 26.6 Å². The van der Waals surface area contributed by atoms with E-state index >= 15 is 0 Å². The summed E-state index contributed by atoms with van der Waals surface area (Å²) in [5, 5.41) is 0. The third-order valence-corrected chi connectivity index (χ3v) is 3.92. The van der Waals surface area contributed by atoms with Crippen LogP contribution >= 0.6 is 0 Å². The van der Waals surface area contributed by atoms with Crippen molar-refractivity contribution in [3.63, 3.8) is 0 Å². The molecule has 0 saturated heterocycles. The summed E-state index contributed by atoms with van der Waals surface area (Å²) in [7, 11) is 0.174. The second kappa shape index (κ2) is 5.76. The standard InChI is InChI=1S/C13H26O2Si/c1-11(12-9-7-6-8-10-12)13(14-2)15-16(3,4)5/h12H,6-10H2,1-5H3/b13-11+. The van der Waals surface area contributed by atoms with Gasteiger partial charge in [0.05, 0.1) is 7.11 Å². The summed E-state index contributed by atoms with van der Waals surface area (Å²) in [5.41, 5.74) is 1.32. The predicted molar refractivity (Wildman–Crippen MR) is 70.7 cm³/mol. The zero-order chi connectivity index (χ0) is 12.2. The summed E-state index contributed by atoms with van der Waals surface area (Å²) in [6.07, 6.45) is 6.69. The van der Waals surface area contributed by atoms with Gasteiger partial charge in [-0.25, -0.2) is 0 Å². The fourth-order valence-electron chi connectivity index (χ4n) is 2.26. The van der Waals surface area contributed by atoms with Crippen molar-refractivity contribution in [3.05, 3.63) is 11.5 Å². The van der Waals surface area contributed by atoms with Gasteiger partial charge < -0.3 is 9.16 Å². The molecule has 0 amide bonds. The number of ether oxygens (including phenoxy) is 1. The van der Waals surface area contributed by atoms with Crippen molar-refractivity contribution in [2.24, 2.45) is 5.92 Å². The molecule has 0 heterocycles. The van der Waals surface area contributed by atoms with Crippen LogP contribution in [0.4, 0.5) is 0 Å². The van der Waals surface area contributed by atoms with E-state index < -0.39 is 8.32 Å². The van der Waals surface area contributed by atoms with Crippen LogP contribution in [0, 0.1) is 5.92 Å². The van der Waals surface area contributed by atoms with Gasteiger partial charge in [0.25, 0.3) is 5.95 Å². The molecule has 0 aromatic heterocycles. The van der Waals surface area contributed by atoms with E-state index in [0.717, 1.165) is 5.95 Å². The van der Waals surface area contributed by atoms with Crippen LogP contribution in [0.5, 0.6) is 0 Å². The minimum Gasteiger partial charge on any atom is -0.520 e. The van der Waals surface area contributed by atoms with Crippen molar-refractivity contribution in [2.75, 3.05) is 7.11 Å². The van der Waals surface area contributed by atoms with Crippen LogP contribution in [0.2, 0.25) is 19.6 Å². The zero-order valence-corrected chi connectivity index (χ0v) is 12.4. The van der Waals surface area contributed by atoms with Crippen molar-refractivity contribution in [1.82, 2.24) is 0 Å². The van der Waals surface area contributed by atoms with Crippen LogP contribution in [0.1, 0.15) is 39.0 Å². The molecule has 0 aromatic carbocycles. The van der Waals surface area contributed by atoms with Crippen molar-refractivity contribution >= 4 is 8.32 Å². The van der Waals surface area contributed by atoms with Gasteiger partial charge in [0.15, 0.2) is 0 Å². The maximum Gasteiger partial charge on any atom is 0.264 e. The average Bonchev–Trinajstić information content (AvgIpc) is 2.25. The highest BCUT2D eigenvalue weighted by atomic mass is 28.4. The third kappa shape index (κ3) is 4.20. The number of methoxy groups -OCH3 is 1. The molecule has 1 aliphatic carbocycles. The number of allylic oxidation sites excluding steroid dienone is 1. The fraction of sp³-hybridized carbons (Fsp3) is 0.846. The zero-order valence-electron chi connectivity index (χ0n) is 11.4. The third-order valence-electron chi connectivity index (χ3n) is 3.12. The van der Waals surface area contributed by atoms with Gasteiger partial charge in [-0.2, -0.15) is 0 Å². The topological polar surface area (TPSA) is 18.5 Å².